The van der Waals surface area contributed by atoms with E-state index < -0.39 is 11.9 Å². The average Bonchev–Trinajstić information content (AvgIpc) is 3.13. The summed E-state index contributed by atoms with van der Waals surface area (Å²) >= 11 is 0. The van der Waals surface area contributed by atoms with Gasteiger partial charge >= 0.3 is 11.9 Å². The van der Waals surface area contributed by atoms with Gasteiger partial charge in [-0.25, -0.2) is 9.59 Å². The third-order valence-electron chi connectivity index (χ3n) is 10.3. The molecule has 0 fully saturated rings. The molecule has 0 aliphatic carbocycles. The largest absolute Gasteiger partial charge is 0.462 e. The Balaban J connectivity index is 1.53. The lowest BCUT2D eigenvalue weighted by molar-refractivity contribution is 0.0495. The van der Waals surface area contributed by atoms with Crippen LogP contribution in [0.15, 0.2) is 48.5 Å². The van der Waals surface area contributed by atoms with Crippen LogP contribution in [-0.4, -0.2) is 47.9 Å². The molecule has 5 aromatic rings. The van der Waals surface area contributed by atoms with Gasteiger partial charge < -0.3 is 9.47 Å². The number of nitrogens with zero attached hydrogens (tertiary/aromatic N) is 1. The molecular formula is C43H49NO6. The van der Waals surface area contributed by atoms with Gasteiger partial charge in [-0.15, -0.1) is 0 Å². The van der Waals surface area contributed by atoms with Gasteiger partial charge in [0.15, 0.2) is 0 Å². The molecule has 7 heteroatoms. The number of fused-ring (bicyclic) bond motifs is 2. The highest BCUT2D eigenvalue weighted by molar-refractivity contribution is 6.39. The smallest absolute Gasteiger partial charge is 0.338 e. The number of hydrogen-bond donors (Lipinski definition) is 0. The van der Waals surface area contributed by atoms with Crippen LogP contribution in [0.1, 0.15) is 146 Å². The van der Waals surface area contributed by atoms with Gasteiger partial charge in [0.25, 0.3) is 11.8 Å². The highest BCUT2D eigenvalue weighted by atomic mass is 16.5. The summed E-state index contributed by atoms with van der Waals surface area (Å²) in [5.74, 6) is -1.43. The Morgan fingerprint density at radius 3 is 1.36 bits per heavy atom. The molecule has 0 N–H and O–H groups in total. The van der Waals surface area contributed by atoms with Crippen molar-refractivity contribution in [2.75, 3.05) is 13.2 Å². The monoisotopic (exact) mass is 675 g/mol. The van der Waals surface area contributed by atoms with E-state index in [2.05, 4.69) is 13.8 Å². The molecule has 1 aliphatic heterocycles. The maximum absolute atomic E-state index is 14.4. The van der Waals surface area contributed by atoms with Crippen LogP contribution in [-0.2, 0) is 9.47 Å². The first-order valence-electron chi connectivity index (χ1n) is 18.8. The molecule has 0 spiro atoms. The minimum atomic E-state index is -0.494. The quantitative estimate of drug-likeness (QED) is 0.0320. The standard InChI is InChI=1S/C43H49NO6/c1-5-9-11-13-15-27(16-14-12-10-6-2)44-40(45)32-21-17-28-30-19-23-34(42(47)49-25-7-3)39-35(43(48)50-26-8-4)24-20-31(37(30)39)29-18-22-33(41(44)46)38(32)36(28)29/h17-24,27H,5-16,25-26H2,1-4H3. The van der Waals surface area contributed by atoms with E-state index in [1.54, 1.807) is 17.0 Å². The highest BCUT2D eigenvalue weighted by Crippen LogP contribution is 2.46. The van der Waals surface area contributed by atoms with Crippen molar-refractivity contribution in [1.82, 2.24) is 4.90 Å². The molecule has 5 aromatic carbocycles. The number of imide groups is 1. The van der Waals surface area contributed by atoms with E-state index in [1.807, 2.05) is 50.2 Å². The summed E-state index contributed by atoms with van der Waals surface area (Å²) < 4.78 is 11.1. The number of rotatable bonds is 17. The molecule has 50 heavy (non-hydrogen) atoms. The molecule has 0 aromatic heterocycles. The molecule has 1 heterocycles. The molecule has 0 saturated carbocycles. The zero-order valence-corrected chi connectivity index (χ0v) is 30.0. The molecular weight excluding hydrogens is 626 g/mol. The highest BCUT2D eigenvalue weighted by Gasteiger charge is 2.38. The summed E-state index contributed by atoms with van der Waals surface area (Å²) in [5.41, 5.74) is 1.71. The summed E-state index contributed by atoms with van der Waals surface area (Å²) in [6.45, 7) is 8.78. The molecule has 0 bridgehead atoms. The molecule has 0 unspecified atom stereocenters. The predicted octanol–water partition coefficient (Wildman–Crippen LogP) is 10.8. The van der Waals surface area contributed by atoms with E-state index in [-0.39, 0.29) is 31.1 Å². The molecule has 0 atom stereocenters. The molecule has 0 saturated heterocycles. The first kappa shape index (κ1) is 35.3. The van der Waals surface area contributed by atoms with Crippen LogP contribution in [0.4, 0.5) is 0 Å². The van der Waals surface area contributed by atoms with Crippen LogP contribution < -0.4 is 0 Å². The van der Waals surface area contributed by atoms with Crippen LogP contribution in [0.25, 0.3) is 43.1 Å². The zero-order chi connectivity index (χ0) is 35.4. The van der Waals surface area contributed by atoms with Crippen molar-refractivity contribution in [3.05, 3.63) is 70.8 Å². The third kappa shape index (κ3) is 6.31. The van der Waals surface area contributed by atoms with Crippen LogP contribution in [0.5, 0.6) is 0 Å². The SMILES string of the molecule is CCCCCCC(CCCCCC)N1C(=O)c2ccc3c4ccc(C(=O)OCCC)c5c(C(=O)OCCC)ccc(c6ccc(c2c36)C1=O)c54. The Hall–Kier alpha value is -4.52. The second kappa shape index (κ2) is 15.6. The summed E-state index contributed by atoms with van der Waals surface area (Å²) in [7, 11) is 0. The fourth-order valence-corrected chi connectivity index (χ4v) is 7.83. The number of esters is 2. The van der Waals surface area contributed by atoms with Gasteiger partial charge in [0.1, 0.15) is 0 Å². The minimum absolute atomic E-state index is 0.134. The minimum Gasteiger partial charge on any atom is -0.462 e. The molecule has 1 aliphatic rings. The molecule has 0 radical (unpaired) electrons. The fourth-order valence-electron chi connectivity index (χ4n) is 7.83. The van der Waals surface area contributed by atoms with Crippen LogP contribution in [0, 0.1) is 0 Å². The second-order valence-corrected chi connectivity index (χ2v) is 13.7. The van der Waals surface area contributed by atoms with Crippen molar-refractivity contribution in [1.29, 1.82) is 0 Å². The topological polar surface area (TPSA) is 90.0 Å². The number of amides is 2. The normalized spacial score (nSPS) is 13.1. The summed E-state index contributed by atoms with van der Waals surface area (Å²) in [6, 6.07) is 14.7. The third-order valence-corrected chi connectivity index (χ3v) is 10.3. The van der Waals surface area contributed by atoms with Crippen LogP contribution >= 0.6 is 0 Å². The number of unbranched alkanes of at least 4 members (excludes halogenated alkanes) is 6. The van der Waals surface area contributed by atoms with E-state index in [0.717, 1.165) is 96.5 Å². The number of ether oxygens (including phenoxy) is 2. The van der Waals surface area contributed by atoms with E-state index in [9.17, 15) is 19.2 Å². The van der Waals surface area contributed by atoms with Gasteiger partial charge in [-0.05, 0) is 82.3 Å². The molecule has 2 amide bonds. The number of benzene rings is 5. The van der Waals surface area contributed by atoms with Gasteiger partial charge in [-0.1, -0.05) is 103 Å². The summed E-state index contributed by atoms with van der Waals surface area (Å²) in [5, 5.41) is 6.15. The Morgan fingerprint density at radius 1 is 0.520 bits per heavy atom. The van der Waals surface area contributed by atoms with Crippen molar-refractivity contribution in [3.63, 3.8) is 0 Å². The summed E-state index contributed by atoms with van der Waals surface area (Å²) in [4.78, 5) is 57.2. The second-order valence-electron chi connectivity index (χ2n) is 13.7. The Kier molecular flexibility index (Phi) is 11.0. The van der Waals surface area contributed by atoms with E-state index >= 15 is 0 Å². The lowest BCUT2D eigenvalue weighted by atomic mass is 9.82. The van der Waals surface area contributed by atoms with Crippen molar-refractivity contribution in [2.45, 2.75) is 111 Å². The Morgan fingerprint density at radius 2 is 0.940 bits per heavy atom. The van der Waals surface area contributed by atoms with Crippen molar-refractivity contribution < 1.29 is 28.7 Å². The van der Waals surface area contributed by atoms with Gasteiger partial charge in [0.2, 0.25) is 0 Å². The van der Waals surface area contributed by atoms with Crippen molar-refractivity contribution in [3.8, 4) is 0 Å². The molecule has 262 valence electrons. The number of carbonyl (C=O) groups excluding carboxylic acids is 4. The van der Waals surface area contributed by atoms with Gasteiger partial charge in [0, 0.05) is 27.9 Å². The van der Waals surface area contributed by atoms with Crippen LogP contribution in [0.2, 0.25) is 0 Å². The van der Waals surface area contributed by atoms with E-state index in [1.165, 1.54) is 0 Å². The van der Waals surface area contributed by atoms with Gasteiger partial charge in [-0.3, -0.25) is 14.5 Å². The van der Waals surface area contributed by atoms with E-state index in [0.29, 0.717) is 45.9 Å². The maximum Gasteiger partial charge on any atom is 0.338 e. The first-order chi connectivity index (χ1) is 24.4. The Bertz CT molecular complexity index is 1930. The zero-order valence-electron chi connectivity index (χ0n) is 30.0. The van der Waals surface area contributed by atoms with Crippen molar-refractivity contribution >= 4 is 66.8 Å². The lowest BCUT2D eigenvalue weighted by Crippen LogP contribution is -2.47. The van der Waals surface area contributed by atoms with Crippen LogP contribution in [0.3, 0.4) is 0 Å². The maximum atomic E-state index is 14.4. The molecule has 7 nitrogen and oxygen atoms in total. The van der Waals surface area contributed by atoms with E-state index in [4.69, 9.17) is 9.47 Å². The average molecular weight is 676 g/mol. The van der Waals surface area contributed by atoms with Crippen molar-refractivity contribution in [2.24, 2.45) is 0 Å². The summed E-state index contributed by atoms with van der Waals surface area (Å²) in [6.07, 6.45) is 11.7. The van der Waals surface area contributed by atoms with Gasteiger partial charge in [-0.2, -0.15) is 0 Å². The van der Waals surface area contributed by atoms with Gasteiger partial charge in [0.05, 0.1) is 24.3 Å². The fraction of sp³-hybridized carbons (Fsp3) is 0.442. The lowest BCUT2D eigenvalue weighted by Gasteiger charge is -2.35. The number of carbonyl (C=O) groups is 4. The predicted molar refractivity (Wildman–Crippen MR) is 201 cm³/mol. The molecule has 6 rings (SSSR count). The Labute approximate surface area is 294 Å². The first-order valence-corrected chi connectivity index (χ1v) is 18.8. The number of hydrogen-bond acceptors (Lipinski definition) is 6.